The van der Waals surface area contributed by atoms with Gasteiger partial charge in [0.2, 0.25) is 11.5 Å². The second kappa shape index (κ2) is 5.94. The van der Waals surface area contributed by atoms with Crippen LogP contribution in [0.25, 0.3) is 10.9 Å². The Labute approximate surface area is 126 Å². The molecule has 0 bridgehead atoms. The van der Waals surface area contributed by atoms with E-state index < -0.39 is 5.78 Å². The third-order valence-corrected chi connectivity index (χ3v) is 3.23. The van der Waals surface area contributed by atoms with Gasteiger partial charge in [0.1, 0.15) is 6.07 Å². The first-order chi connectivity index (χ1) is 10.8. The molecular formula is C17H12N4O. The van der Waals surface area contributed by atoms with Gasteiger partial charge >= 0.3 is 0 Å². The van der Waals surface area contributed by atoms with E-state index in [1.165, 1.54) is 0 Å². The van der Waals surface area contributed by atoms with Gasteiger partial charge in [0.05, 0.1) is 11.3 Å². The Morgan fingerprint density at radius 3 is 2.59 bits per heavy atom. The van der Waals surface area contributed by atoms with Crippen LogP contribution in [0.15, 0.2) is 65.9 Å². The SMILES string of the molecule is N#C/C(=N\Nc1ccccc1)C(=O)c1c[nH]c2ccccc12. The monoisotopic (exact) mass is 288 g/mol. The van der Waals surface area contributed by atoms with Gasteiger partial charge in [0.25, 0.3) is 0 Å². The van der Waals surface area contributed by atoms with Gasteiger partial charge in [-0.25, -0.2) is 0 Å². The number of benzene rings is 2. The largest absolute Gasteiger partial charge is 0.360 e. The number of carbonyl (C=O) groups is 1. The minimum Gasteiger partial charge on any atom is -0.360 e. The van der Waals surface area contributed by atoms with Crippen LogP contribution in [0.1, 0.15) is 10.4 Å². The molecule has 0 fully saturated rings. The zero-order valence-electron chi connectivity index (χ0n) is 11.6. The van der Waals surface area contributed by atoms with E-state index in [-0.39, 0.29) is 5.71 Å². The van der Waals surface area contributed by atoms with E-state index in [4.69, 9.17) is 0 Å². The van der Waals surface area contributed by atoms with Crippen LogP contribution in [-0.4, -0.2) is 16.5 Å². The molecule has 106 valence electrons. The summed E-state index contributed by atoms with van der Waals surface area (Å²) in [6.45, 7) is 0. The maximum absolute atomic E-state index is 12.5. The molecule has 0 radical (unpaired) electrons. The van der Waals surface area contributed by atoms with Gasteiger partial charge in [-0.05, 0) is 18.2 Å². The van der Waals surface area contributed by atoms with Crippen molar-refractivity contribution in [2.75, 3.05) is 5.43 Å². The van der Waals surface area contributed by atoms with Crippen LogP contribution in [0, 0.1) is 11.3 Å². The molecule has 3 rings (SSSR count). The van der Waals surface area contributed by atoms with Gasteiger partial charge in [-0.1, -0.05) is 36.4 Å². The lowest BCUT2D eigenvalue weighted by molar-refractivity contribution is 0.106. The average molecular weight is 288 g/mol. The topological polar surface area (TPSA) is 81.0 Å². The molecule has 1 heterocycles. The van der Waals surface area contributed by atoms with Crippen LogP contribution in [0.2, 0.25) is 0 Å². The van der Waals surface area contributed by atoms with Gasteiger partial charge in [-0.3, -0.25) is 10.2 Å². The molecule has 5 nitrogen and oxygen atoms in total. The molecule has 2 N–H and O–H groups in total. The summed E-state index contributed by atoms with van der Waals surface area (Å²) in [5.41, 5.74) is 4.53. The molecule has 0 aliphatic rings. The molecular weight excluding hydrogens is 276 g/mol. The first-order valence-corrected chi connectivity index (χ1v) is 6.69. The highest BCUT2D eigenvalue weighted by atomic mass is 16.1. The standard InChI is InChI=1S/C17H12N4O/c18-10-16(21-20-12-6-2-1-3-7-12)17(22)14-11-19-15-9-5-4-8-13(14)15/h1-9,11,19-20H/b21-16+. The molecule has 0 saturated carbocycles. The summed E-state index contributed by atoms with van der Waals surface area (Å²) in [5, 5.41) is 13.9. The summed E-state index contributed by atoms with van der Waals surface area (Å²) in [6.07, 6.45) is 1.60. The number of aromatic nitrogens is 1. The number of hydrazone groups is 1. The quantitative estimate of drug-likeness (QED) is 0.439. The third kappa shape index (κ3) is 2.58. The third-order valence-electron chi connectivity index (χ3n) is 3.23. The first kappa shape index (κ1) is 13.6. The lowest BCUT2D eigenvalue weighted by atomic mass is 10.1. The van der Waals surface area contributed by atoms with Crippen molar-refractivity contribution in [1.82, 2.24) is 4.98 Å². The number of nitriles is 1. The molecule has 22 heavy (non-hydrogen) atoms. The van der Waals surface area contributed by atoms with Gasteiger partial charge < -0.3 is 4.98 Å². The number of fused-ring (bicyclic) bond motifs is 1. The van der Waals surface area contributed by atoms with E-state index in [1.54, 1.807) is 18.3 Å². The minimum atomic E-state index is -0.414. The Kier molecular flexibility index (Phi) is 3.67. The predicted octanol–water partition coefficient (Wildman–Crippen LogP) is 3.34. The van der Waals surface area contributed by atoms with Crippen LogP contribution in [-0.2, 0) is 0 Å². The van der Waals surface area contributed by atoms with Crippen molar-refractivity contribution >= 4 is 28.1 Å². The number of nitrogens with one attached hydrogen (secondary N) is 2. The molecule has 0 unspecified atom stereocenters. The molecule has 0 atom stereocenters. The van der Waals surface area contributed by atoms with E-state index in [1.807, 2.05) is 48.5 Å². The van der Waals surface area contributed by atoms with Crippen molar-refractivity contribution in [1.29, 1.82) is 5.26 Å². The van der Waals surface area contributed by atoms with Crippen LogP contribution in [0.5, 0.6) is 0 Å². The maximum atomic E-state index is 12.5. The first-order valence-electron chi connectivity index (χ1n) is 6.69. The van der Waals surface area contributed by atoms with Crippen molar-refractivity contribution in [3.63, 3.8) is 0 Å². The van der Waals surface area contributed by atoms with E-state index in [2.05, 4.69) is 15.5 Å². The van der Waals surface area contributed by atoms with Crippen LogP contribution < -0.4 is 5.43 Å². The maximum Gasteiger partial charge on any atom is 0.226 e. The fourth-order valence-electron chi connectivity index (χ4n) is 2.15. The zero-order valence-corrected chi connectivity index (χ0v) is 11.6. The van der Waals surface area contributed by atoms with Crippen molar-refractivity contribution in [3.05, 3.63) is 66.4 Å². The van der Waals surface area contributed by atoms with E-state index in [0.717, 1.165) is 10.9 Å². The molecule has 0 saturated heterocycles. The number of aromatic amines is 1. The number of H-pyrrole nitrogens is 1. The Morgan fingerprint density at radius 1 is 1.09 bits per heavy atom. The molecule has 3 aromatic rings. The molecule has 5 heteroatoms. The highest BCUT2D eigenvalue weighted by molar-refractivity contribution is 6.52. The average Bonchev–Trinajstić information content (AvgIpc) is 3.00. The van der Waals surface area contributed by atoms with Crippen molar-refractivity contribution < 1.29 is 4.79 Å². The lowest BCUT2D eigenvalue weighted by Gasteiger charge is -2.00. The molecule has 0 spiro atoms. The van der Waals surface area contributed by atoms with Gasteiger partial charge in [-0.15, -0.1) is 0 Å². The number of Topliss-reactive ketones (excluding diaryl/α,β-unsaturated/α-hetero) is 1. The second-order valence-corrected chi connectivity index (χ2v) is 4.63. The van der Waals surface area contributed by atoms with Crippen molar-refractivity contribution in [2.45, 2.75) is 0 Å². The molecule has 0 amide bonds. The van der Waals surface area contributed by atoms with Crippen LogP contribution in [0.3, 0.4) is 0 Å². The smallest absolute Gasteiger partial charge is 0.226 e. The van der Waals surface area contributed by atoms with Crippen molar-refractivity contribution in [2.24, 2.45) is 5.10 Å². The molecule has 2 aromatic carbocycles. The van der Waals surface area contributed by atoms with Gasteiger partial charge in [-0.2, -0.15) is 10.4 Å². The molecule has 0 aliphatic heterocycles. The van der Waals surface area contributed by atoms with E-state index in [0.29, 0.717) is 11.3 Å². The number of para-hydroxylation sites is 2. The Bertz CT molecular complexity index is 888. The second-order valence-electron chi connectivity index (χ2n) is 4.63. The Balaban J connectivity index is 1.90. The summed E-state index contributed by atoms with van der Waals surface area (Å²) >= 11 is 0. The minimum absolute atomic E-state index is 0.186. The molecule has 0 aliphatic carbocycles. The van der Waals surface area contributed by atoms with E-state index >= 15 is 0 Å². The number of carbonyl (C=O) groups excluding carboxylic acids is 1. The summed E-state index contributed by atoms with van der Waals surface area (Å²) in [6, 6.07) is 18.4. The van der Waals surface area contributed by atoms with E-state index in [9.17, 15) is 10.1 Å². The van der Waals surface area contributed by atoms with Crippen LogP contribution >= 0.6 is 0 Å². The van der Waals surface area contributed by atoms with Gasteiger partial charge in [0.15, 0.2) is 0 Å². The highest BCUT2D eigenvalue weighted by Gasteiger charge is 2.17. The number of hydrogen-bond acceptors (Lipinski definition) is 4. The summed E-state index contributed by atoms with van der Waals surface area (Å²) in [4.78, 5) is 15.5. The summed E-state index contributed by atoms with van der Waals surface area (Å²) in [5.74, 6) is -0.414. The Morgan fingerprint density at radius 2 is 1.82 bits per heavy atom. The number of ketones is 1. The zero-order chi connectivity index (χ0) is 15.4. The fraction of sp³-hybridized carbons (Fsp3) is 0. The predicted molar refractivity (Wildman–Crippen MR) is 85.7 cm³/mol. The highest BCUT2D eigenvalue weighted by Crippen LogP contribution is 2.18. The number of anilines is 1. The summed E-state index contributed by atoms with van der Waals surface area (Å²) in [7, 11) is 0. The molecule has 1 aromatic heterocycles. The lowest BCUT2D eigenvalue weighted by Crippen LogP contribution is -2.13. The normalized spacial score (nSPS) is 11.1. The van der Waals surface area contributed by atoms with Crippen molar-refractivity contribution in [3.8, 4) is 6.07 Å². The number of nitrogens with zero attached hydrogens (tertiary/aromatic N) is 2. The van der Waals surface area contributed by atoms with Crippen LogP contribution in [0.4, 0.5) is 5.69 Å². The fourth-order valence-corrected chi connectivity index (χ4v) is 2.15. The summed E-state index contributed by atoms with van der Waals surface area (Å²) < 4.78 is 0. The number of hydrogen-bond donors (Lipinski definition) is 2. The van der Waals surface area contributed by atoms with Gasteiger partial charge in [0, 0.05) is 17.1 Å². The number of rotatable bonds is 4. The Hall–Kier alpha value is -3.39.